The van der Waals surface area contributed by atoms with Crippen molar-refractivity contribution in [3.8, 4) is 0 Å². The first kappa shape index (κ1) is 14.5. The lowest BCUT2D eigenvalue weighted by Crippen LogP contribution is -2.30. The number of benzene rings is 1. The summed E-state index contributed by atoms with van der Waals surface area (Å²) >= 11 is 9.42. The SMILES string of the molecule is CCCC(Br)CNC(=O)c1cc(Cl)ccc1C. The van der Waals surface area contributed by atoms with E-state index in [1.54, 1.807) is 12.1 Å². The van der Waals surface area contributed by atoms with Crippen molar-refractivity contribution >= 4 is 33.4 Å². The summed E-state index contributed by atoms with van der Waals surface area (Å²) in [7, 11) is 0. The van der Waals surface area contributed by atoms with Crippen LogP contribution in [0.15, 0.2) is 18.2 Å². The standard InChI is InChI=1S/C13H17BrClNO/c1-3-4-10(14)8-16-13(17)12-7-11(15)6-5-9(12)2/h5-7,10H,3-4,8H2,1-2H3,(H,16,17). The zero-order valence-corrected chi connectivity index (χ0v) is 12.4. The Kier molecular flexibility index (Phi) is 6.00. The van der Waals surface area contributed by atoms with Crippen molar-refractivity contribution in [1.29, 1.82) is 0 Å². The molecule has 17 heavy (non-hydrogen) atoms. The first-order chi connectivity index (χ1) is 8.04. The summed E-state index contributed by atoms with van der Waals surface area (Å²) < 4.78 is 0. The maximum atomic E-state index is 11.9. The molecule has 0 saturated carbocycles. The Balaban J connectivity index is 2.61. The molecule has 0 fully saturated rings. The van der Waals surface area contributed by atoms with Gasteiger partial charge in [0.1, 0.15) is 0 Å². The molecular formula is C13H17BrClNO. The molecule has 1 aromatic carbocycles. The average molecular weight is 319 g/mol. The first-order valence-electron chi connectivity index (χ1n) is 5.73. The number of hydrogen-bond donors (Lipinski definition) is 1. The minimum absolute atomic E-state index is 0.0643. The lowest BCUT2D eigenvalue weighted by molar-refractivity contribution is 0.0953. The Morgan fingerprint density at radius 2 is 2.24 bits per heavy atom. The molecule has 0 aliphatic rings. The van der Waals surface area contributed by atoms with Crippen molar-refractivity contribution in [2.45, 2.75) is 31.5 Å². The van der Waals surface area contributed by atoms with E-state index in [9.17, 15) is 4.79 Å². The Morgan fingerprint density at radius 1 is 1.53 bits per heavy atom. The van der Waals surface area contributed by atoms with Crippen LogP contribution < -0.4 is 5.32 Å². The van der Waals surface area contributed by atoms with Crippen LogP contribution in [0.1, 0.15) is 35.7 Å². The third-order valence-electron chi connectivity index (χ3n) is 2.53. The predicted molar refractivity (Wildman–Crippen MR) is 76.1 cm³/mol. The predicted octanol–water partition coefficient (Wildman–Crippen LogP) is 3.94. The summed E-state index contributed by atoms with van der Waals surface area (Å²) in [5.41, 5.74) is 1.59. The van der Waals surface area contributed by atoms with Gasteiger partial charge < -0.3 is 5.32 Å². The topological polar surface area (TPSA) is 29.1 Å². The van der Waals surface area contributed by atoms with Gasteiger partial charge in [-0.2, -0.15) is 0 Å². The summed E-state index contributed by atoms with van der Waals surface area (Å²) in [4.78, 5) is 12.3. The molecule has 1 aromatic rings. The van der Waals surface area contributed by atoms with Gasteiger partial charge >= 0.3 is 0 Å². The van der Waals surface area contributed by atoms with E-state index < -0.39 is 0 Å². The normalized spacial score (nSPS) is 12.2. The highest BCUT2D eigenvalue weighted by Crippen LogP contribution is 2.15. The number of hydrogen-bond acceptors (Lipinski definition) is 1. The lowest BCUT2D eigenvalue weighted by Gasteiger charge is -2.11. The monoisotopic (exact) mass is 317 g/mol. The van der Waals surface area contributed by atoms with Gasteiger partial charge in [-0.3, -0.25) is 4.79 Å². The van der Waals surface area contributed by atoms with Crippen LogP contribution in [0.5, 0.6) is 0 Å². The zero-order chi connectivity index (χ0) is 12.8. The summed E-state index contributed by atoms with van der Waals surface area (Å²) in [5, 5.41) is 3.49. The second-order valence-electron chi connectivity index (χ2n) is 4.06. The second-order valence-corrected chi connectivity index (χ2v) is 5.79. The van der Waals surface area contributed by atoms with Crippen molar-refractivity contribution in [2.75, 3.05) is 6.54 Å². The van der Waals surface area contributed by atoms with Crippen molar-refractivity contribution in [2.24, 2.45) is 0 Å². The molecule has 4 heteroatoms. The van der Waals surface area contributed by atoms with Gasteiger partial charge in [0.2, 0.25) is 0 Å². The third-order valence-corrected chi connectivity index (χ3v) is 3.55. The fraction of sp³-hybridized carbons (Fsp3) is 0.462. The van der Waals surface area contributed by atoms with Crippen LogP contribution in [0.2, 0.25) is 5.02 Å². The minimum atomic E-state index is -0.0643. The molecule has 0 spiro atoms. The van der Waals surface area contributed by atoms with Gasteiger partial charge in [0.05, 0.1) is 0 Å². The van der Waals surface area contributed by atoms with Crippen LogP contribution >= 0.6 is 27.5 Å². The van der Waals surface area contributed by atoms with Crippen molar-refractivity contribution in [1.82, 2.24) is 5.32 Å². The number of alkyl halides is 1. The molecule has 1 amide bonds. The van der Waals surface area contributed by atoms with Crippen LogP contribution in [0, 0.1) is 6.92 Å². The first-order valence-corrected chi connectivity index (χ1v) is 7.02. The molecule has 1 unspecified atom stereocenters. The molecule has 94 valence electrons. The van der Waals surface area contributed by atoms with E-state index in [2.05, 4.69) is 28.2 Å². The maximum Gasteiger partial charge on any atom is 0.251 e. The summed E-state index contributed by atoms with van der Waals surface area (Å²) in [5.74, 6) is -0.0643. The summed E-state index contributed by atoms with van der Waals surface area (Å²) in [6, 6.07) is 5.35. The quantitative estimate of drug-likeness (QED) is 0.819. The molecule has 0 bridgehead atoms. The molecule has 0 aliphatic heterocycles. The smallest absolute Gasteiger partial charge is 0.251 e. The molecule has 1 rings (SSSR count). The number of carbonyl (C=O) groups excluding carboxylic acids is 1. The Hall–Kier alpha value is -0.540. The molecule has 1 atom stereocenters. The van der Waals surface area contributed by atoms with E-state index in [1.165, 1.54) is 0 Å². The van der Waals surface area contributed by atoms with Gasteiger partial charge in [0.25, 0.3) is 5.91 Å². The summed E-state index contributed by atoms with van der Waals surface area (Å²) in [6.07, 6.45) is 2.15. The number of amides is 1. The van der Waals surface area contributed by atoms with Crippen LogP contribution in [-0.4, -0.2) is 17.3 Å². The van der Waals surface area contributed by atoms with Gasteiger partial charge in [0.15, 0.2) is 0 Å². The Bertz CT molecular complexity index is 395. The number of nitrogens with one attached hydrogen (secondary N) is 1. The number of carbonyl (C=O) groups is 1. The van der Waals surface area contributed by atoms with Crippen LogP contribution in [0.4, 0.5) is 0 Å². The average Bonchev–Trinajstić information content (AvgIpc) is 2.29. The fourth-order valence-corrected chi connectivity index (χ4v) is 2.34. The molecule has 0 aromatic heterocycles. The lowest BCUT2D eigenvalue weighted by atomic mass is 10.1. The Morgan fingerprint density at radius 3 is 2.88 bits per heavy atom. The molecule has 0 saturated heterocycles. The van der Waals surface area contributed by atoms with Crippen LogP contribution in [-0.2, 0) is 0 Å². The van der Waals surface area contributed by atoms with Crippen LogP contribution in [0.3, 0.4) is 0 Å². The van der Waals surface area contributed by atoms with Gasteiger partial charge in [-0.25, -0.2) is 0 Å². The molecule has 1 N–H and O–H groups in total. The van der Waals surface area contributed by atoms with E-state index in [-0.39, 0.29) is 5.91 Å². The molecule has 0 heterocycles. The van der Waals surface area contributed by atoms with Crippen LogP contribution in [0.25, 0.3) is 0 Å². The minimum Gasteiger partial charge on any atom is -0.351 e. The van der Waals surface area contributed by atoms with E-state index in [0.29, 0.717) is 22.0 Å². The summed E-state index contributed by atoms with van der Waals surface area (Å²) in [6.45, 7) is 4.67. The number of aryl methyl sites for hydroxylation is 1. The van der Waals surface area contributed by atoms with E-state index in [4.69, 9.17) is 11.6 Å². The van der Waals surface area contributed by atoms with Crippen molar-refractivity contribution in [3.63, 3.8) is 0 Å². The zero-order valence-electron chi connectivity index (χ0n) is 10.1. The van der Waals surface area contributed by atoms with Gasteiger partial charge in [-0.1, -0.05) is 46.9 Å². The van der Waals surface area contributed by atoms with Crippen molar-refractivity contribution in [3.05, 3.63) is 34.3 Å². The van der Waals surface area contributed by atoms with Gasteiger partial charge in [-0.15, -0.1) is 0 Å². The maximum absolute atomic E-state index is 11.9. The van der Waals surface area contributed by atoms with E-state index in [0.717, 1.165) is 18.4 Å². The largest absolute Gasteiger partial charge is 0.351 e. The van der Waals surface area contributed by atoms with E-state index in [1.807, 2.05) is 13.0 Å². The molecule has 0 radical (unpaired) electrons. The molecule has 0 aliphatic carbocycles. The highest BCUT2D eigenvalue weighted by molar-refractivity contribution is 9.09. The second kappa shape index (κ2) is 7.02. The number of halogens is 2. The Labute approximate surface area is 116 Å². The highest BCUT2D eigenvalue weighted by atomic mass is 79.9. The fourth-order valence-electron chi connectivity index (χ4n) is 1.55. The van der Waals surface area contributed by atoms with E-state index >= 15 is 0 Å². The molecule has 2 nitrogen and oxygen atoms in total. The van der Waals surface area contributed by atoms with Gasteiger partial charge in [0, 0.05) is 22.0 Å². The van der Waals surface area contributed by atoms with Gasteiger partial charge in [-0.05, 0) is 31.0 Å². The highest BCUT2D eigenvalue weighted by Gasteiger charge is 2.11. The number of rotatable bonds is 5. The van der Waals surface area contributed by atoms with Crippen molar-refractivity contribution < 1.29 is 4.79 Å². The third kappa shape index (κ3) is 4.68. The molecular weight excluding hydrogens is 302 g/mol.